The number of hydrogen-bond acceptors (Lipinski definition) is 4. The van der Waals surface area contributed by atoms with E-state index in [0.29, 0.717) is 11.5 Å². The van der Waals surface area contributed by atoms with E-state index in [2.05, 4.69) is 6.92 Å². The van der Waals surface area contributed by atoms with E-state index >= 15 is 0 Å². The number of hydrogen-bond donors (Lipinski definition) is 0. The molecule has 2 aliphatic heterocycles. The van der Waals surface area contributed by atoms with Gasteiger partial charge in [0.25, 0.3) is 0 Å². The van der Waals surface area contributed by atoms with Gasteiger partial charge in [-0.05, 0) is 32.1 Å². The summed E-state index contributed by atoms with van der Waals surface area (Å²) in [6.45, 7) is 3.89. The molecule has 2 aliphatic carbocycles. The number of fused-ring (bicyclic) bond motifs is 2. The fourth-order valence-corrected chi connectivity index (χ4v) is 4.31. The van der Waals surface area contributed by atoms with Crippen LogP contribution in [0, 0.1) is 11.3 Å². The summed E-state index contributed by atoms with van der Waals surface area (Å²) in [5.74, 6) is -0.107. The van der Waals surface area contributed by atoms with Crippen LogP contribution in [0.25, 0.3) is 0 Å². The number of rotatable bonds is 0. The van der Waals surface area contributed by atoms with Gasteiger partial charge in [-0.15, -0.1) is 0 Å². The van der Waals surface area contributed by atoms with Crippen LogP contribution in [0.15, 0.2) is 22.8 Å². The number of carbonyl (C=O) groups is 2. The van der Waals surface area contributed by atoms with Gasteiger partial charge < -0.3 is 9.47 Å². The van der Waals surface area contributed by atoms with Crippen LogP contribution < -0.4 is 0 Å². The maximum absolute atomic E-state index is 12.1. The van der Waals surface area contributed by atoms with E-state index in [4.69, 9.17) is 9.47 Å². The van der Waals surface area contributed by atoms with Crippen molar-refractivity contribution in [2.75, 3.05) is 0 Å². The quantitative estimate of drug-likeness (QED) is 0.624. The van der Waals surface area contributed by atoms with Crippen LogP contribution in [0.2, 0.25) is 0 Å². The van der Waals surface area contributed by atoms with Gasteiger partial charge in [-0.2, -0.15) is 0 Å². The Labute approximate surface area is 111 Å². The van der Waals surface area contributed by atoms with Gasteiger partial charge in [0, 0.05) is 22.1 Å². The molecule has 0 spiro atoms. The molecule has 19 heavy (non-hydrogen) atoms. The van der Waals surface area contributed by atoms with Crippen molar-refractivity contribution in [2.45, 2.75) is 45.3 Å². The third-order valence-electron chi connectivity index (χ3n) is 5.40. The Morgan fingerprint density at radius 1 is 1.26 bits per heavy atom. The second-order valence-corrected chi connectivity index (χ2v) is 6.17. The first-order valence-corrected chi connectivity index (χ1v) is 6.86. The van der Waals surface area contributed by atoms with Crippen molar-refractivity contribution in [3.8, 4) is 0 Å². The molecule has 4 heteroatoms. The molecule has 0 aromatic carbocycles. The van der Waals surface area contributed by atoms with E-state index in [9.17, 15) is 9.59 Å². The molecule has 0 aromatic rings. The van der Waals surface area contributed by atoms with Crippen molar-refractivity contribution in [3.05, 3.63) is 22.8 Å². The number of allylic oxidation sites excluding steroid dienone is 1. The Hall–Kier alpha value is -1.58. The first-order valence-electron chi connectivity index (χ1n) is 6.86. The summed E-state index contributed by atoms with van der Waals surface area (Å²) >= 11 is 0. The minimum atomic E-state index is -0.304. The van der Waals surface area contributed by atoms with Gasteiger partial charge in [0.15, 0.2) is 0 Å². The number of ether oxygens (including phenoxy) is 2. The van der Waals surface area contributed by atoms with Crippen molar-refractivity contribution in [1.29, 1.82) is 0 Å². The van der Waals surface area contributed by atoms with E-state index in [0.717, 1.165) is 30.4 Å². The van der Waals surface area contributed by atoms with E-state index in [1.807, 2.05) is 6.08 Å². The van der Waals surface area contributed by atoms with Gasteiger partial charge in [-0.3, -0.25) is 0 Å². The van der Waals surface area contributed by atoms with Crippen LogP contribution in [0.1, 0.15) is 33.1 Å². The largest absolute Gasteiger partial charge is 0.454 e. The van der Waals surface area contributed by atoms with Crippen LogP contribution in [0.4, 0.5) is 0 Å². The minimum Gasteiger partial charge on any atom is -0.454 e. The fraction of sp³-hybridized carbons (Fsp3) is 0.600. The van der Waals surface area contributed by atoms with Gasteiger partial charge in [-0.1, -0.05) is 13.0 Å². The summed E-state index contributed by atoms with van der Waals surface area (Å²) in [4.78, 5) is 23.9. The zero-order chi connectivity index (χ0) is 13.4. The molecule has 4 atom stereocenters. The second-order valence-electron chi connectivity index (χ2n) is 6.17. The summed E-state index contributed by atoms with van der Waals surface area (Å²) in [5, 5.41) is 0. The lowest BCUT2D eigenvalue weighted by Crippen LogP contribution is -2.47. The minimum absolute atomic E-state index is 0.180. The third kappa shape index (κ3) is 1.15. The molecule has 2 heterocycles. The third-order valence-corrected chi connectivity index (χ3v) is 5.40. The Bertz CT molecular complexity index is 571. The summed E-state index contributed by atoms with van der Waals surface area (Å²) in [7, 11) is 0. The predicted molar refractivity (Wildman–Crippen MR) is 66.0 cm³/mol. The molecule has 4 unspecified atom stereocenters. The van der Waals surface area contributed by atoms with Crippen molar-refractivity contribution in [3.63, 3.8) is 0 Å². The molecule has 4 rings (SSSR count). The SMILES string of the molecule is CC1=C2C(CC3CCC=C4C(=O)OC2C43C)OC1=O. The van der Waals surface area contributed by atoms with Crippen LogP contribution in [0.5, 0.6) is 0 Å². The molecular weight excluding hydrogens is 244 g/mol. The summed E-state index contributed by atoms with van der Waals surface area (Å²) in [6.07, 6.45) is 4.30. The molecule has 4 aliphatic rings. The highest BCUT2D eigenvalue weighted by atomic mass is 16.6. The lowest BCUT2D eigenvalue weighted by molar-refractivity contribution is -0.143. The van der Waals surface area contributed by atoms with Gasteiger partial charge in [0.05, 0.1) is 0 Å². The highest BCUT2D eigenvalue weighted by Gasteiger charge is 2.62. The van der Waals surface area contributed by atoms with Gasteiger partial charge in [-0.25, -0.2) is 9.59 Å². The van der Waals surface area contributed by atoms with Crippen LogP contribution in [0.3, 0.4) is 0 Å². The summed E-state index contributed by atoms with van der Waals surface area (Å²) in [6, 6.07) is 0. The standard InChI is InChI=1S/C15H16O4/c1-7-11-10(18-13(7)16)6-8-4-3-5-9-14(17)19-12(11)15(8,9)2/h5,8,10,12H,3-4,6H2,1-2H3. The highest BCUT2D eigenvalue weighted by molar-refractivity contribution is 5.96. The van der Waals surface area contributed by atoms with Crippen molar-refractivity contribution in [2.24, 2.45) is 11.3 Å². The first kappa shape index (κ1) is 11.3. The smallest absolute Gasteiger partial charge is 0.335 e. The van der Waals surface area contributed by atoms with E-state index in [1.54, 1.807) is 6.92 Å². The maximum Gasteiger partial charge on any atom is 0.335 e. The molecular formula is C15H16O4. The number of carbonyl (C=O) groups excluding carboxylic acids is 2. The molecule has 100 valence electrons. The van der Waals surface area contributed by atoms with Crippen molar-refractivity contribution in [1.82, 2.24) is 0 Å². The molecule has 1 saturated heterocycles. The molecule has 4 nitrogen and oxygen atoms in total. The normalized spacial score (nSPS) is 43.5. The zero-order valence-corrected chi connectivity index (χ0v) is 11.1. The van der Waals surface area contributed by atoms with E-state index in [1.165, 1.54) is 0 Å². The molecule has 0 amide bonds. The monoisotopic (exact) mass is 260 g/mol. The highest BCUT2D eigenvalue weighted by Crippen LogP contribution is 2.59. The average molecular weight is 260 g/mol. The van der Waals surface area contributed by atoms with Crippen molar-refractivity contribution < 1.29 is 19.1 Å². The lowest BCUT2D eigenvalue weighted by atomic mass is 9.57. The van der Waals surface area contributed by atoms with Crippen LogP contribution >= 0.6 is 0 Å². The second kappa shape index (κ2) is 3.30. The molecule has 0 radical (unpaired) electrons. The Kier molecular flexibility index (Phi) is 1.95. The molecule has 0 N–H and O–H groups in total. The Morgan fingerprint density at radius 3 is 2.84 bits per heavy atom. The van der Waals surface area contributed by atoms with E-state index in [-0.39, 0.29) is 29.6 Å². The average Bonchev–Trinajstić information content (AvgIpc) is 2.78. The van der Waals surface area contributed by atoms with Gasteiger partial charge in [0.2, 0.25) is 0 Å². The Morgan fingerprint density at radius 2 is 2.05 bits per heavy atom. The topological polar surface area (TPSA) is 52.6 Å². The lowest BCUT2D eigenvalue weighted by Gasteiger charge is -2.46. The summed E-state index contributed by atoms with van der Waals surface area (Å²) < 4.78 is 11.1. The fourth-order valence-electron chi connectivity index (χ4n) is 4.31. The van der Waals surface area contributed by atoms with Crippen LogP contribution in [-0.2, 0) is 19.1 Å². The number of esters is 2. The van der Waals surface area contributed by atoms with Gasteiger partial charge >= 0.3 is 11.9 Å². The maximum atomic E-state index is 12.1. The molecule has 2 fully saturated rings. The first-order chi connectivity index (χ1) is 9.03. The molecule has 1 saturated carbocycles. The van der Waals surface area contributed by atoms with E-state index < -0.39 is 0 Å². The van der Waals surface area contributed by atoms with Crippen molar-refractivity contribution >= 4 is 11.9 Å². The van der Waals surface area contributed by atoms with Gasteiger partial charge in [0.1, 0.15) is 12.2 Å². The summed E-state index contributed by atoms with van der Waals surface area (Å²) in [5.41, 5.74) is 2.08. The van der Waals surface area contributed by atoms with Crippen LogP contribution in [-0.4, -0.2) is 24.1 Å². The molecule has 0 aromatic heterocycles. The molecule has 0 bridgehead atoms. The predicted octanol–water partition coefficient (Wildman–Crippen LogP) is 1.90. The Balaban J connectivity index is 1.92. The zero-order valence-electron chi connectivity index (χ0n) is 11.1.